The number of benzene rings is 1. The Bertz CT molecular complexity index is 442. The van der Waals surface area contributed by atoms with Crippen LogP contribution in [0.5, 0.6) is 0 Å². The minimum absolute atomic E-state index is 0.561. The lowest BCUT2D eigenvalue weighted by Gasteiger charge is -2.30. The minimum atomic E-state index is 0.561. The van der Waals surface area contributed by atoms with E-state index in [4.69, 9.17) is 0 Å². The Morgan fingerprint density at radius 1 is 1.42 bits per heavy atom. The van der Waals surface area contributed by atoms with Gasteiger partial charge in [0.25, 0.3) is 0 Å². The van der Waals surface area contributed by atoms with Gasteiger partial charge in [0.2, 0.25) is 0 Å². The predicted octanol–water partition coefficient (Wildman–Crippen LogP) is 2.77. The normalized spacial score (nSPS) is 18.5. The highest BCUT2D eigenvalue weighted by atomic mass is 15.2. The number of hydrogen-bond donors (Lipinski definition) is 1. The van der Waals surface area contributed by atoms with Crippen LogP contribution in [0.3, 0.4) is 0 Å². The molecule has 1 unspecified atom stereocenters. The zero-order valence-corrected chi connectivity index (χ0v) is 11.9. The summed E-state index contributed by atoms with van der Waals surface area (Å²) in [7, 11) is 0. The predicted molar refractivity (Wildman–Crippen MR) is 79.2 cm³/mol. The van der Waals surface area contributed by atoms with Crippen LogP contribution >= 0.6 is 0 Å². The van der Waals surface area contributed by atoms with Gasteiger partial charge in [-0.25, -0.2) is 0 Å². The quantitative estimate of drug-likeness (QED) is 0.881. The van der Waals surface area contributed by atoms with E-state index in [-0.39, 0.29) is 0 Å². The van der Waals surface area contributed by atoms with Crippen molar-refractivity contribution in [2.45, 2.75) is 32.7 Å². The molecule has 102 valence electrons. The molecule has 0 bridgehead atoms. The second-order valence-electron chi connectivity index (χ2n) is 5.72. The topological polar surface area (TPSA) is 39.1 Å². The second-order valence-corrected chi connectivity index (χ2v) is 5.72. The highest BCUT2D eigenvalue weighted by molar-refractivity contribution is 5.59. The lowest BCUT2D eigenvalue weighted by molar-refractivity contribution is 0.541. The molecule has 1 aliphatic rings. The van der Waals surface area contributed by atoms with Gasteiger partial charge >= 0.3 is 0 Å². The zero-order chi connectivity index (χ0) is 13.7. The molecule has 1 aliphatic heterocycles. The van der Waals surface area contributed by atoms with Crippen LogP contribution in [0.2, 0.25) is 0 Å². The van der Waals surface area contributed by atoms with Crippen LogP contribution in [0.25, 0.3) is 0 Å². The summed E-state index contributed by atoms with van der Waals surface area (Å²) < 4.78 is 0. The first-order valence-electron chi connectivity index (χ1n) is 7.18. The van der Waals surface area contributed by atoms with Crippen molar-refractivity contribution in [3.63, 3.8) is 0 Å². The fraction of sp³-hybridized carbons (Fsp3) is 0.562. The average molecular weight is 257 g/mol. The van der Waals surface area contributed by atoms with Gasteiger partial charge in [-0.15, -0.1) is 0 Å². The molecule has 1 fully saturated rings. The number of anilines is 1. The van der Waals surface area contributed by atoms with E-state index in [2.05, 4.69) is 36.2 Å². The van der Waals surface area contributed by atoms with Crippen molar-refractivity contribution in [3.8, 4) is 6.07 Å². The summed E-state index contributed by atoms with van der Waals surface area (Å²) in [6, 6.07) is 10.8. The van der Waals surface area contributed by atoms with Crippen LogP contribution in [-0.4, -0.2) is 25.7 Å². The van der Waals surface area contributed by atoms with Crippen LogP contribution in [-0.2, 0) is 0 Å². The molecule has 2 rings (SSSR count). The fourth-order valence-corrected chi connectivity index (χ4v) is 2.73. The van der Waals surface area contributed by atoms with Crippen molar-refractivity contribution < 1.29 is 0 Å². The van der Waals surface area contributed by atoms with E-state index in [1.807, 2.05) is 18.2 Å². The van der Waals surface area contributed by atoms with Crippen molar-refractivity contribution in [3.05, 3.63) is 29.8 Å². The van der Waals surface area contributed by atoms with Gasteiger partial charge in [-0.2, -0.15) is 5.26 Å². The van der Waals surface area contributed by atoms with Crippen LogP contribution in [0, 0.1) is 17.2 Å². The molecule has 1 aromatic rings. The molecule has 0 aliphatic carbocycles. The molecule has 3 heteroatoms. The molecular formula is C16H23N3. The van der Waals surface area contributed by atoms with Crippen LogP contribution in [0.4, 0.5) is 5.69 Å². The molecule has 3 nitrogen and oxygen atoms in total. The third-order valence-electron chi connectivity index (χ3n) is 3.55. The summed E-state index contributed by atoms with van der Waals surface area (Å²) in [6.07, 6.45) is 2.50. The summed E-state index contributed by atoms with van der Waals surface area (Å²) in [5, 5.41) is 12.8. The summed E-state index contributed by atoms with van der Waals surface area (Å²) in [6.45, 7) is 7.57. The highest BCUT2D eigenvalue weighted by Crippen LogP contribution is 2.22. The fourth-order valence-electron chi connectivity index (χ4n) is 2.73. The summed E-state index contributed by atoms with van der Waals surface area (Å²) >= 11 is 0. The van der Waals surface area contributed by atoms with Crippen molar-refractivity contribution in [2.75, 3.05) is 24.5 Å². The molecule has 0 saturated carbocycles. The maximum absolute atomic E-state index is 9.27. The highest BCUT2D eigenvalue weighted by Gasteiger charge is 2.20. The first kappa shape index (κ1) is 13.9. The van der Waals surface area contributed by atoms with Gasteiger partial charge in [-0.1, -0.05) is 26.0 Å². The molecule has 0 amide bonds. The van der Waals surface area contributed by atoms with Crippen molar-refractivity contribution in [1.29, 1.82) is 5.26 Å². The number of rotatable bonds is 5. The maximum Gasteiger partial charge on any atom is 0.101 e. The number of nitrogens with zero attached hydrogens (tertiary/aromatic N) is 2. The lowest BCUT2D eigenvalue weighted by Crippen LogP contribution is -2.39. The van der Waals surface area contributed by atoms with E-state index in [0.717, 1.165) is 30.9 Å². The molecule has 1 aromatic carbocycles. The Labute approximate surface area is 116 Å². The second kappa shape index (κ2) is 6.58. The molecule has 1 N–H and O–H groups in total. The van der Waals surface area contributed by atoms with Crippen molar-refractivity contribution in [1.82, 2.24) is 5.32 Å². The molecular weight excluding hydrogens is 234 g/mol. The van der Waals surface area contributed by atoms with E-state index >= 15 is 0 Å². The molecule has 1 heterocycles. The molecule has 19 heavy (non-hydrogen) atoms. The number of para-hydroxylation sites is 1. The summed E-state index contributed by atoms with van der Waals surface area (Å²) in [4.78, 5) is 2.37. The van der Waals surface area contributed by atoms with Crippen molar-refractivity contribution >= 4 is 5.69 Å². The van der Waals surface area contributed by atoms with E-state index in [1.54, 1.807) is 0 Å². The SMILES string of the molecule is CC(C)CN(CC1CCCN1)c1ccccc1C#N. The summed E-state index contributed by atoms with van der Waals surface area (Å²) in [5.74, 6) is 0.591. The molecule has 0 radical (unpaired) electrons. The lowest BCUT2D eigenvalue weighted by atomic mass is 10.1. The van der Waals surface area contributed by atoms with E-state index in [0.29, 0.717) is 12.0 Å². The Morgan fingerprint density at radius 3 is 2.84 bits per heavy atom. The Morgan fingerprint density at radius 2 is 2.21 bits per heavy atom. The van der Waals surface area contributed by atoms with Crippen LogP contribution in [0.1, 0.15) is 32.3 Å². The maximum atomic E-state index is 9.27. The van der Waals surface area contributed by atoms with Gasteiger partial charge < -0.3 is 10.2 Å². The van der Waals surface area contributed by atoms with Crippen molar-refractivity contribution in [2.24, 2.45) is 5.92 Å². The average Bonchev–Trinajstić information content (AvgIpc) is 2.90. The number of nitrogens with one attached hydrogen (secondary N) is 1. The van der Waals surface area contributed by atoms with Gasteiger partial charge in [0, 0.05) is 19.1 Å². The Balaban J connectivity index is 2.18. The Hall–Kier alpha value is -1.53. The van der Waals surface area contributed by atoms with Gasteiger partial charge in [-0.05, 0) is 37.4 Å². The van der Waals surface area contributed by atoms with Gasteiger partial charge in [0.15, 0.2) is 0 Å². The largest absolute Gasteiger partial charge is 0.369 e. The number of hydrogen-bond acceptors (Lipinski definition) is 3. The van der Waals surface area contributed by atoms with Gasteiger partial charge in [0.05, 0.1) is 11.3 Å². The van der Waals surface area contributed by atoms with E-state index in [1.165, 1.54) is 12.8 Å². The molecule has 1 atom stereocenters. The molecule has 1 saturated heterocycles. The van der Waals surface area contributed by atoms with E-state index < -0.39 is 0 Å². The smallest absolute Gasteiger partial charge is 0.101 e. The Kier molecular flexibility index (Phi) is 4.81. The summed E-state index contributed by atoms with van der Waals surface area (Å²) in [5.41, 5.74) is 1.86. The van der Waals surface area contributed by atoms with Crippen LogP contribution < -0.4 is 10.2 Å². The van der Waals surface area contributed by atoms with Crippen LogP contribution in [0.15, 0.2) is 24.3 Å². The van der Waals surface area contributed by atoms with Gasteiger partial charge in [-0.3, -0.25) is 0 Å². The number of nitriles is 1. The third-order valence-corrected chi connectivity index (χ3v) is 3.55. The first-order valence-corrected chi connectivity index (χ1v) is 7.18. The minimum Gasteiger partial charge on any atom is -0.369 e. The molecule has 0 spiro atoms. The third kappa shape index (κ3) is 3.71. The standard InChI is InChI=1S/C16H23N3/c1-13(2)11-19(12-15-7-5-9-18-15)16-8-4-3-6-14(16)10-17/h3-4,6,8,13,15,18H,5,7,9,11-12H2,1-2H3. The zero-order valence-electron chi connectivity index (χ0n) is 11.9. The first-order chi connectivity index (χ1) is 9.20. The van der Waals surface area contributed by atoms with Gasteiger partial charge in [0.1, 0.15) is 6.07 Å². The molecule has 0 aromatic heterocycles. The van der Waals surface area contributed by atoms with E-state index in [9.17, 15) is 5.26 Å². The monoisotopic (exact) mass is 257 g/mol.